The number of sulfone groups is 1. The molecule has 14 heteroatoms. The van der Waals surface area contributed by atoms with Crippen molar-refractivity contribution in [3.63, 3.8) is 0 Å². The van der Waals surface area contributed by atoms with Crippen molar-refractivity contribution in [2.24, 2.45) is 0 Å². The van der Waals surface area contributed by atoms with Crippen LogP contribution >= 0.6 is 15.9 Å². The maximum absolute atomic E-state index is 13.2. The van der Waals surface area contributed by atoms with Crippen LogP contribution in [0.4, 0.5) is 22.0 Å². The van der Waals surface area contributed by atoms with Crippen LogP contribution in [0.5, 0.6) is 5.88 Å². The number of hydrogen-bond donors (Lipinski definition) is 0. The van der Waals surface area contributed by atoms with Crippen LogP contribution in [0.2, 0.25) is 0 Å². The maximum Gasteiger partial charge on any atom is 0.456 e. The van der Waals surface area contributed by atoms with E-state index in [1.54, 1.807) is 0 Å². The molecule has 0 bridgehead atoms. The molecule has 0 radical (unpaired) electrons. The highest BCUT2D eigenvalue weighted by molar-refractivity contribution is 9.10. The van der Waals surface area contributed by atoms with Crippen LogP contribution in [-0.2, 0) is 9.84 Å². The molecule has 3 aromatic rings. The summed E-state index contributed by atoms with van der Waals surface area (Å²) in [5, 5.41) is 0. The first-order chi connectivity index (χ1) is 13.9. The summed E-state index contributed by atoms with van der Waals surface area (Å²) in [5.74, 6) is -5.82. The molecular formula is C16H12BrF5N4O3S. The van der Waals surface area contributed by atoms with Gasteiger partial charge in [0, 0.05) is 23.1 Å². The van der Waals surface area contributed by atoms with Crippen LogP contribution in [0.1, 0.15) is 6.92 Å². The standard InChI is InChI=1S/C16H12BrF5N4O3S/c1-2-30(27,28)11-5-9(17)6-24-12(11)13-25-7-10-14(23-3-4-26(10)13)29-8-15(18,19)16(20,21)22/h3-7H,2,8H2,1H3. The van der Waals surface area contributed by atoms with E-state index in [4.69, 9.17) is 0 Å². The number of imidazole rings is 1. The molecule has 0 aliphatic rings. The third-order valence-corrected chi connectivity index (χ3v) is 6.15. The van der Waals surface area contributed by atoms with Gasteiger partial charge in [-0.1, -0.05) is 6.92 Å². The zero-order valence-corrected chi connectivity index (χ0v) is 17.4. The predicted octanol–water partition coefficient (Wildman–Crippen LogP) is 3.92. The second kappa shape index (κ2) is 7.72. The number of pyridine rings is 1. The highest BCUT2D eigenvalue weighted by Gasteiger charge is 2.58. The Morgan fingerprint density at radius 3 is 2.47 bits per heavy atom. The van der Waals surface area contributed by atoms with Crippen LogP contribution in [0, 0.1) is 0 Å². The number of nitrogens with zero attached hydrogens (tertiary/aromatic N) is 4. The Hall–Kier alpha value is -2.35. The molecule has 0 saturated heterocycles. The van der Waals surface area contributed by atoms with Crippen LogP contribution in [-0.4, -0.2) is 52.2 Å². The highest BCUT2D eigenvalue weighted by atomic mass is 79.9. The third kappa shape index (κ3) is 4.10. The fourth-order valence-electron chi connectivity index (χ4n) is 2.41. The molecule has 0 aromatic carbocycles. The lowest BCUT2D eigenvalue weighted by molar-refractivity contribution is -0.290. The fourth-order valence-corrected chi connectivity index (χ4v) is 3.95. The second-order valence-electron chi connectivity index (χ2n) is 5.96. The van der Waals surface area contributed by atoms with Crippen LogP contribution < -0.4 is 4.74 Å². The van der Waals surface area contributed by atoms with Crippen molar-refractivity contribution in [3.8, 4) is 17.4 Å². The van der Waals surface area contributed by atoms with E-state index < -0.39 is 34.4 Å². The van der Waals surface area contributed by atoms with Gasteiger partial charge in [0.15, 0.2) is 22.3 Å². The molecule has 30 heavy (non-hydrogen) atoms. The largest absolute Gasteiger partial charge is 0.469 e. The van der Waals surface area contributed by atoms with Gasteiger partial charge in [0.25, 0.3) is 0 Å². The van der Waals surface area contributed by atoms with E-state index in [1.165, 1.54) is 29.8 Å². The van der Waals surface area contributed by atoms with E-state index in [-0.39, 0.29) is 27.7 Å². The van der Waals surface area contributed by atoms with Crippen molar-refractivity contribution in [3.05, 3.63) is 35.3 Å². The summed E-state index contributed by atoms with van der Waals surface area (Å²) in [5.41, 5.74) is -0.0761. The van der Waals surface area contributed by atoms with Gasteiger partial charge in [-0.3, -0.25) is 9.38 Å². The Labute approximate surface area is 175 Å². The van der Waals surface area contributed by atoms with E-state index in [9.17, 15) is 30.4 Å². The lowest BCUT2D eigenvalue weighted by atomic mass is 10.3. The molecule has 0 aliphatic carbocycles. The zero-order chi connectivity index (χ0) is 22.3. The Morgan fingerprint density at radius 2 is 1.83 bits per heavy atom. The van der Waals surface area contributed by atoms with Gasteiger partial charge in [0.1, 0.15) is 11.2 Å². The Morgan fingerprint density at radius 1 is 1.13 bits per heavy atom. The number of fused-ring (bicyclic) bond motifs is 1. The molecular weight excluding hydrogens is 503 g/mol. The summed E-state index contributed by atoms with van der Waals surface area (Å²) in [4.78, 5) is 11.7. The van der Waals surface area contributed by atoms with Crippen molar-refractivity contribution in [2.75, 3.05) is 12.4 Å². The number of rotatable bonds is 6. The van der Waals surface area contributed by atoms with Crippen molar-refractivity contribution in [1.29, 1.82) is 0 Å². The minimum atomic E-state index is -5.78. The summed E-state index contributed by atoms with van der Waals surface area (Å²) in [6, 6.07) is 1.34. The minimum absolute atomic E-state index is 0.0133. The van der Waals surface area contributed by atoms with Gasteiger partial charge >= 0.3 is 12.1 Å². The lowest BCUT2D eigenvalue weighted by Gasteiger charge is -2.19. The fraction of sp³-hybridized carbons (Fsp3) is 0.312. The van der Waals surface area contributed by atoms with Gasteiger partial charge in [0.2, 0.25) is 5.88 Å². The molecule has 0 aliphatic heterocycles. The molecule has 0 amide bonds. The minimum Gasteiger partial charge on any atom is -0.469 e. The Balaban J connectivity index is 2.08. The average molecular weight is 515 g/mol. The summed E-state index contributed by atoms with van der Waals surface area (Å²) in [7, 11) is -3.72. The van der Waals surface area contributed by atoms with Crippen molar-refractivity contribution in [1.82, 2.24) is 19.4 Å². The van der Waals surface area contributed by atoms with Gasteiger partial charge in [-0.15, -0.1) is 0 Å². The first-order valence-corrected chi connectivity index (χ1v) is 10.6. The van der Waals surface area contributed by atoms with Gasteiger partial charge in [-0.05, 0) is 22.0 Å². The van der Waals surface area contributed by atoms with Crippen molar-refractivity contribution in [2.45, 2.75) is 23.9 Å². The summed E-state index contributed by atoms with van der Waals surface area (Å²) >= 11 is 3.15. The van der Waals surface area contributed by atoms with E-state index >= 15 is 0 Å². The van der Waals surface area contributed by atoms with Gasteiger partial charge < -0.3 is 4.74 Å². The van der Waals surface area contributed by atoms with Gasteiger partial charge in [0.05, 0.1) is 16.8 Å². The predicted molar refractivity (Wildman–Crippen MR) is 98.1 cm³/mol. The van der Waals surface area contributed by atoms with Crippen LogP contribution in [0.15, 0.2) is 40.2 Å². The molecule has 3 rings (SSSR count). The van der Waals surface area contributed by atoms with E-state index in [2.05, 4.69) is 35.6 Å². The number of halogens is 6. The lowest BCUT2D eigenvalue weighted by Crippen LogP contribution is -2.41. The molecule has 0 fully saturated rings. The topological polar surface area (TPSA) is 86.5 Å². The molecule has 0 spiro atoms. The monoisotopic (exact) mass is 514 g/mol. The van der Waals surface area contributed by atoms with E-state index in [1.807, 2.05) is 0 Å². The normalized spacial score (nSPS) is 13.0. The molecule has 3 aromatic heterocycles. The quantitative estimate of drug-likeness (QED) is 0.463. The number of ether oxygens (including phenoxy) is 1. The first kappa shape index (κ1) is 22.3. The average Bonchev–Trinajstić information content (AvgIpc) is 3.10. The third-order valence-electron chi connectivity index (χ3n) is 3.97. The maximum atomic E-state index is 13.2. The van der Waals surface area contributed by atoms with Crippen molar-refractivity contribution >= 4 is 31.3 Å². The SMILES string of the molecule is CCS(=O)(=O)c1cc(Br)cnc1-c1ncc2c(OCC(F)(F)C(F)(F)F)nccn12. The highest BCUT2D eigenvalue weighted by Crippen LogP contribution is 2.36. The smallest absolute Gasteiger partial charge is 0.456 e. The molecule has 3 heterocycles. The molecule has 0 saturated carbocycles. The van der Waals surface area contributed by atoms with E-state index in [0.717, 1.165) is 12.4 Å². The van der Waals surface area contributed by atoms with Gasteiger partial charge in [-0.2, -0.15) is 22.0 Å². The first-order valence-electron chi connectivity index (χ1n) is 8.15. The summed E-state index contributed by atoms with van der Waals surface area (Å²) in [6.45, 7) is -0.532. The van der Waals surface area contributed by atoms with Gasteiger partial charge in [-0.25, -0.2) is 18.4 Å². The van der Waals surface area contributed by atoms with E-state index in [0.29, 0.717) is 4.47 Å². The molecule has 7 nitrogen and oxygen atoms in total. The molecule has 0 unspecified atom stereocenters. The van der Waals surface area contributed by atoms with Crippen LogP contribution in [0.3, 0.4) is 0 Å². The summed E-state index contributed by atoms with van der Waals surface area (Å²) < 4.78 is 94.6. The Kier molecular flexibility index (Phi) is 5.75. The zero-order valence-electron chi connectivity index (χ0n) is 15.0. The van der Waals surface area contributed by atoms with Crippen LogP contribution in [0.25, 0.3) is 17.0 Å². The van der Waals surface area contributed by atoms with Crippen molar-refractivity contribution < 1.29 is 35.1 Å². The summed E-state index contributed by atoms with van der Waals surface area (Å²) in [6.07, 6.45) is -0.929. The Bertz CT molecular complexity index is 1200. The number of hydrogen-bond acceptors (Lipinski definition) is 6. The molecule has 0 atom stereocenters. The molecule has 0 N–H and O–H groups in total. The second-order valence-corrected chi connectivity index (χ2v) is 9.13. The molecule has 162 valence electrons. The number of aromatic nitrogens is 4. The number of alkyl halides is 5.